The Morgan fingerprint density at radius 1 is 1.10 bits per heavy atom. The van der Waals surface area contributed by atoms with E-state index in [1.54, 1.807) is 0 Å². The lowest BCUT2D eigenvalue weighted by Gasteiger charge is -2.30. The first-order valence-corrected chi connectivity index (χ1v) is 11.1. The molecule has 0 atom stereocenters. The Labute approximate surface area is 174 Å². The van der Waals surface area contributed by atoms with Gasteiger partial charge in [-0.1, -0.05) is 42.1 Å². The van der Waals surface area contributed by atoms with Crippen molar-refractivity contribution in [3.05, 3.63) is 41.7 Å². The van der Waals surface area contributed by atoms with Crippen LogP contribution in [0.5, 0.6) is 0 Å². The van der Waals surface area contributed by atoms with E-state index in [0.29, 0.717) is 37.6 Å². The molecule has 29 heavy (non-hydrogen) atoms. The van der Waals surface area contributed by atoms with Crippen LogP contribution in [0.2, 0.25) is 0 Å². The molecule has 7 nitrogen and oxygen atoms in total. The van der Waals surface area contributed by atoms with Crippen molar-refractivity contribution >= 4 is 23.6 Å². The fourth-order valence-corrected chi connectivity index (χ4v) is 4.56. The molecule has 2 aliphatic rings. The maximum absolute atomic E-state index is 12.7. The number of aromatic nitrogens is 3. The summed E-state index contributed by atoms with van der Waals surface area (Å²) >= 11 is 1.45. The van der Waals surface area contributed by atoms with E-state index in [1.165, 1.54) is 24.4 Å². The fraction of sp³-hybridized carbons (Fsp3) is 0.524. The van der Waals surface area contributed by atoms with Crippen molar-refractivity contribution in [2.75, 3.05) is 26.0 Å². The summed E-state index contributed by atoms with van der Waals surface area (Å²) in [6, 6.07) is 10.3. The van der Waals surface area contributed by atoms with Gasteiger partial charge in [-0.05, 0) is 31.2 Å². The molecule has 0 radical (unpaired) electrons. The number of ether oxygens (including phenoxy) is 1. The van der Waals surface area contributed by atoms with Crippen LogP contribution in [0.1, 0.15) is 43.0 Å². The van der Waals surface area contributed by atoms with Crippen molar-refractivity contribution in [2.45, 2.75) is 43.3 Å². The quantitative estimate of drug-likeness (QED) is 0.512. The molecule has 0 bridgehead atoms. The summed E-state index contributed by atoms with van der Waals surface area (Å²) in [5.74, 6) is 1.68. The van der Waals surface area contributed by atoms with Gasteiger partial charge in [-0.25, -0.2) is 0 Å². The van der Waals surface area contributed by atoms with Gasteiger partial charge in [-0.2, -0.15) is 0 Å². The Morgan fingerprint density at radius 2 is 1.83 bits per heavy atom. The second kappa shape index (κ2) is 8.98. The number of rotatable bonds is 7. The van der Waals surface area contributed by atoms with E-state index in [2.05, 4.69) is 26.9 Å². The number of thioether (sulfide) groups is 1. The maximum Gasteiger partial charge on any atom is 0.308 e. The van der Waals surface area contributed by atoms with Crippen molar-refractivity contribution in [1.82, 2.24) is 19.7 Å². The predicted molar refractivity (Wildman–Crippen MR) is 110 cm³/mol. The van der Waals surface area contributed by atoms with Crippen LogP contribution < -0.4 is 0 Å². The second-order valence-corrected chi connectivity index (χ2v) is 8.60. The third-order valence-corrected chi connectivity index (χ3v) is 6.53. The summed E-state index contributed by atoms with van der Waals surface area (Å²) in [7, 11) is 1.41. The highest BCUT2D eigenvalue weighted by Crippen LogP contribution is 2.40. The van der Waals surface area contributed by atoms with E-state index in [1.807, 2.05) is 23.1 Å². The molecule has 154 valence electrons. The number of likely N-dealkylation sites (tertiary alicyclic amines) is 1. The Morgan fingerprint density at radius 3 is 2.48 bits per heavy atom. The molecule has 0 unspecified atom stereocenters. The van der Waals surface area contributed by atoms with Crippen LogP contribution >= 0.6 is 11.8 Å². The van der Waals surface area contributed by atoms with Crippen molar-refractivity contribution < 1.29 is 14.3 Å². The number of esters is 1. The normalized spacial score (nSPS) is 17.3. The second-order valence-electron chi connectivity index (χ2n) is 7.65. The monoisotopic (exact) mass is 414 g/mol. The lowest BCUT2D eigenvalue weighted by molar-refractivity contribution is -0.148. The Bertz CT molecular complexity index is 858. The molecule has 1 aliphatic carbocycles. The molecule has 1 amide bonds. The highest BCUT2D eigenvalue weighted by atomic mass is 32.2. The average molecular weight is 415 g/mol. The summed E-state index contributed by atoms with van der Waals surface area (Å²) < 4.78 is 6.98. The molecule has 2 fully saturated rings. The number of piperidine rings is 1. The van der Waals surface area contributed by atoms with Gasteiger partial charge in [0.2, 0.25) is 5.91 Å². The molecule has 0 spiro atoms. The van der Waals surface area contributed by atoms with E-state index < -0.39 is 0 Å². The minimum atomic E-state index is -0.173. The number of carbonyl (C=O) groups excluding carboxylic acids is 2. The van der Waals surface area contributed by atoms with E-state index in [4.69, 9.17) is 4.74 Å². The molecule has 0 N–H and O–H groups in total. The number of hydrogen-bond acceptors (Lipinski definition) is 6. The van der Waals surface area contributed by atoms with Crippen LogP contribution in [0.3, 0.4) is 0 Å². The van der Waals surface area contributed by atoms with E-state index >= 15 is 0 Å². The van der Waals surface area contributed by atoms with Gasteiger partial charge in [0.1, 0.15) is 5.82 Å². The van der Waals surface area contributed by atoms with Crippen molar-refractivity contribution in [3.63, 3.8) is 0 Å². The lowest BCUT2D eigenvalue weighted by atomic mass is 9.97. The first kappa shape index (κ1) is 19.9. The number of methoxy groups -OCH3 is 1. The number of hydrogen-bond donors (Lipinski definition) is 0. The number of carbonyl (C=O) groups is 2. The Kier molecular flexibility index (Phi) is 6.18. The van der Waals surface area contributed by atoms with Gasteiger partial charge >= 0.3 is 5.97 Å². The SMILES string of the molecule is COC(=O)C1CCN(C(=O)CSc2nnc(C3CC3)n2Cc2ccccc2)CC1. The zero-order valence-corrected chi connectivity index (χ0v) is 17.4. The zero-order valence-electron chi connectivity index (χ0n) is 16.6. The fourth-order valence-electron chi connectivity index (χ4n) is 3.71. The minimum absolute atomic E-state index is 0.0838. The van der Waals surface area contributed by atoms with E-state index in [9.17, 15) is 9.59 Å². The lowest BCUT2D eigenvalue weighted by Crippen LogP contribution is -2.41. The summed E-state index contributed by atoms with van der Waals surface area (Å²) in [6.45, 7) is 1.92. The number of amides is 1. The summed E-state index contributed by atoms with van der Waals surface area (Å²) in [5.41, 5.74) is 1.20. The van der Waals surface area contributed by atoms with Crippen LogP contribution in [-0.4, -0.2) is 57.5 Å². The van der Waals surface area contributed by atoms with Crippen molar-refractivity contribution in [1.29, 1.82) is 0 Å². The maximum atomic E-state index is 12.7. The van der Waals surface area contributed by atoms with Gasteiger partial charge in [0, 0.05) is 19.0 Å². The van der Waals surface area contributed by atoms with Crippen LogP contribution in [0.25, 0.3) is 0 Å². The third kappa shape index (κ3) is 4.80. The number of benzene rings is 1. The van der Waals surface area contributed by atoms with Gasteiger partial charge in [0.25, 0.3) is 0 Å². The standard InChI is InChI=1S/C21H26N4O3S/c1-28-20(27)17-9-11-24(12-10-17)18(26)14-29-21-23-22-19(16-7-8-16)25(21)13-15-5-3-2-4-6-15/h2-6,16-17H,7-14H2,1H3. The predicted octanol–water partition coefficient (Wildman–Crippen LogP) is 2.71. The van der Waals surface area contributed by atoms with Gasteiger partial charge in [0.05, 0.1) is 25.3 Å². The van der Waals surface area contributed by atoms with E-state index in [0.717, 1.165) is 30.4 Å². The molecule has 1 aromatic heterocycles. The largest absolute Gasteiger partial charge is 0.469 e. The summed E-state index contributed by atoms with van der Waals surface area (Å²) in [6.07, 6.45) is 3.65. The molecule has 1 saturated carbocycles. The third-order valence-electron chi connectivity index (χ3n) is 5.58. The molecule has 2 aromatic rings. The van der Waals surface area contributed by atoms with Gasteiger partial charge in [-0.15, -0.1) is 10.2 Å². The molecule has 2 heterocycles. The number of nitrogens with zero attached hydrogens (tertiary/aromatic N) is 4. The first-order chi connectivity index (χ1) is 14.2. The molecular formula is C21H26N4O3S. The molecule has 1 aromatic carbocycles. The average Bonchev–Trinajstić information content (AvgIpc) is 3.54. The van der Waals surface area contributed by atoms with Gasteiger partial charge in [0.15, 0.2) is 5.16 Å². The molecule has 8 heteroatoms. The topological polar surface area (TPSA) is 77.3 Å². The van der Waals surface area contributed by atoms with Gasteiger partial charge in [-0.3, -0.25) is 9.59 Å². The Hall–Kier alpha value is -2.35. The van der Waals surface area contributed by atoms with Crippen LogP contribution in [0, 0.1) is 5.92 Å². The molecule has 1 saturated heterocycles. The van der Waals surface area contributed by atoms with E-state index in [-0.39, 0.29) is 17.8 Å². The smallest absolute Gasteiger partial charge is 0.308 e. The molecule has 4 rings (SSSR count). The summed E-state index contributed by atoms with van der Waals surface area (Å²) in [4.78, 5) is 26.2. The van der Waals surface area contributed by atoms with Crippen LogP contribution in [-0.2, 0) is 20.9 Å². The van der Waals surface area contributed by atoms with Gasteiger partial charge < -0.3 is 14.2 Å². The molecular weight excluding hydrogens is 388 g/mol. The Balaban J connectivity index is 1.37. The summed E-state index contributed by atoms with van der Waals surface area (Å²) in [5, 5.41) is 9.60. The van der Waals surface area contributed by atoms with Crippen LogP contribution in [0.4, 0.5) is 0 Å². The molecule has 1 aliphatic heterocycles. The zero-order chi connectivity index (χ0) is 20.2. The highest BCUT2D eigenvalue weighted by molar-refractivity contribution is 7.99. The van der Waals surface area contributed by atoms with Crippen molar-refractivity contribution in [3.8, 4) is 0 Å². The van der Waals surface area contributed by atoms with Crippen molar-refractivity contribution in [2.24, 2.45) is 5.92 Å². The first-order valence-electron chi connectivity index (χ1n) is 10.1. The van der Waals surface area contributed by atoms with Crippen LogP contribution in [0.15, 0.2) is 35.5 Å². The minimum Gasteiger partial charge on any atom is -0.469 e. The highest BCUT2D eigenvalue weighted by Gasteiger charge is 2.31.